The maximum atomic E-state index is 11.9. The first kappa shape index (κ1) is 12.9. The smallest absolute Gasteiger partial charge is 0.306 e. The molecule has 2 amide bonds. The molecule has 6 nitrogen and oxygen atoms in total. The van der Waals surface area contributed by atoms with Gasteiger partial charge >= 0.3 is 5.97 Å². The highest BCUT2D eigenvalue weighted by molar-refractivity contribution is 5.89. The Labute approximate surface area is 105 Å². The fraction of sp³-hybridized carbons (Fsp3) is 0.750. The topological polar surface area (TPSA) is 95.5 Å². The molecule has 2 aliphatic rings. The van der Waals surface area contributed by atoms with Crippen LogP contribution in [0.25, 0.3) is 0 Å². The van der Waals surface area contributed by atoms with Crippen molar-refractivity contribution in [2.45, 2.75) is 38.1 Å². The Hall–Kier alpha value is -1.59. The molecule has 2 rings (SSSR count). The molecule has 3 unspecified atom stereocenters. The second-order valence-corrected chi connectivity index (χ2v) is 5.11. The monoisotopic (exact) mass is 254 g/mol. The van der Waals surface area contributed by atoms with Crippen molar-refractivity contribution >= 4 is 17.8 Å². The van der Waals surface area contributed by atoms with E-state index < -0.39 is 5.97 Å². The van der Waals surface area contributed by atoms with E-state index in [0.717, 1.165) is 12.8 Å². The molecule has 0 aromatic rings. The number of amides is 2. The summed E-state index contributed by atoms with van der Waals surface area (Å²) in [6, 6.07) is -0.0666. The number of aliphatic carboxylic acids is 1. The minimum Gasteiger partial charge on any atom is -0.481 e. The molecule has 0 aromatic carbocycles. The van der Waals surface area contributed by atoms with Gasteiger partial charge in [0.2, 0.25) is 11.8 Å². The van der Waals surface area contributed by atoms with Crippen molar-refractivity contribution in [1.82, 2.24) is 10.6 Å². The minimum atomic E-state index is -0.786. The molecular formula is C12H18N2O4. The Morgan fingerprint density at radius 3 is 2.67 bits per heavy atom. The largest absolute Gasteiger partial charge is 0.481 e. The molecule has 0 spiro atoms. The van der Waals surface area contributed by atoms with Crippen molar-refractivity contribution in [3.8, 4) is 0 Å². The molecule has 2 fully saturated rings. The van der Waals surface area contributed by atoms with Gasteiger partial charge in [0.05, 0.1) is 11.8 Å². The summed E-state index contributed by atoms with van der Waals surface area (Å²) in [5.41, 5.74) is 0. The lowest BCUT2D eigenvalue weighted by Crippen LogP contribution is -2.43. The maximum absolute atomic E-state index is 11.9. The van der Waals surface area contributed by atoms with Crippen LogP contribution in [-0.4, -0.2) is 35.5 Å². The van der Waals surface area contributed by atoms with Crippen molar-refractivity contribution in [2.24, 2.45) is 11.8 Å². The van der Waals surface area contributed by atoms with Crippen LogP contribution >= 0.6 is 0 Å². The predicted molar refractivity (Wildman–Crippen MR) is 62.6 cm³/mol. The quantitative estimate of drug-likeness (QED) is 0.654. The van der Waals surface area contributed by atoms with E-state index in [9.17, 15) is 14.4 Å². The fourth-order valence-electron chi connectivity index (χ4n) is 2.65. The summed E-state index contributed by atoms with van der Waals surface area (Å²) in [6.45, 7) is 0.389. The number of carbonyl (C=O) groups is 3. The van der Waals surface area contributed by atoms with E-state index in [0.29, 0.717) is 19.4 Å². The highest BCUT2D eigenvalue weighted by Crippen LogP contribution is 2.25. The van der Waals surface area contributed by atoms with Gasteiger partial charge in [-0.15, -0.1) is 0 Å². The Bertz CT molecular complexity index is 369. The third kappa shape index (κ3) is 3.00. The molecule has 0 aromatic heterocycles. The van der Waals surface area contributed by atoms with Gasteiger partial charge in [-0.3, -0.25) is 14.4 Å². The van der Waals surface area contributed by atoms with Gasteiger partial charge in [0.1, 0.15) is 0 Å². The summed E-state index contributed by atoms with van der Waals surface area (Å²) >= 11 is 0. The summed E-state index contributed by atoms with van der Waals surface area (Å²) in [5.74, 6) is -1.67. The van der Waals surface area contributed by atoms with E-state index in [1.54, 1.807) is 0 Å². The Balaban J connectivity index is 1.83. The molecule has 3 N–H and O–H groups in total. The van der Waals surface area contributed by atoms with Crippen LogP contribution in [0.4, 0.5) is 0 Å². The van der Waals surface area contributed by atoms with Gasteiger partial charge in [0.25, 0.3) is 0 Å². The Kier molecular flexibility index (Phi) is 3.84. The second kappa shape index (κ2) is 5.37. The molecule has 1 aliphatic heterocycles. The van der Waals surface area contributed by atoms with Crippen LogP contribution in [0.15, 0.2) is 0 Å². The van der Waals surface area contributed by atoms with Crippen LogP contribution in [-0.2, 0) is 14.4 Å². The van der Waals surface area contributed by atoms with Gasteiger partial charge in [-0.2, -0.15) is 0 Å². The number of nitrogens with one attached hydrogen (secondary N) is 2. The van der Waals surface area contributed by atoms with E-state index in [1.807, 2.05) is 0 Å². The van der Waals surface area contributed by atoms with Crippen LogP contribution in [0.5, 0.6) is 0 Å². The standard InChI is InChI=1S/C12H18N2O4/c15-10-5-8(6-13-10)11(16)14-9-3-1-2-7(4-9)12(17)18/h7-9H,1-6H2,(H,13,15)(H,14,16)(H,17,18). The van der Waals surface area contributed by atoms with Crippen molar-refractivity contribution in [2.75, 3.05) is 6.54 Å². The molecule has 1 heterocycles. The maximum Gasteiger partial charge on any atom is 0.306 e. The predicted octanol–water partition coefficient (Wildman–Crippen LogP) is -0.118. The zero-order valence-corrected chi connectivity index (χ0v) is 10.1. The van der Waals surface area contributed by atoms with Crippen molar-refractivity contribution < 1.29 is 19.5 Å². The summed E-state index contributed by atoms with van der Waals surface area (Å²) in [7, 11) is 0. The first-order valence-electron chi connectivity index (χ1n) is 6.36. The van der Waals surface area contributed by atoms with E-state index in [4.69, 9.17) is 5.11 Å². The number of hydrogen-bond acceptors (Lipinski definition) is 3. The average molecular weight is 254 g/mol. The van der Waals surface area contributed by atoms with E-state index in [1.165, 1.54) is 0 Å². The Morgan fingerprint density at radius 1 is 1.28 bits per heavy atom. The molecule has 0 bridgehead atoms. The molecule has 100 valence electrons. The van der Waals surface area contributed by atoms with Crippen molar-refractivity contribution in [3.05, 3.63) is 0 Å². The first-order chi connectivity index (χ1) is 8.56. The number of carboxylic acids is 1. The van der Waals surface area contributed by atoms with Crippen molar-refractivity contribution in [1.29, 1.82) is 0 Å². The van der Waals surface area contributed by atoms with Crippen LogP contribution < -0.4 is 10.6 Å². The molecule has 6 heteroatoms. The summed E-state index contributed by atoms with van der Waals surface area (Å²) < 4.78 is 0. The van der Waals surface area contributed by atoms with Gasteiger partial charge in [-0.1, -0.05) is 6.42 Å². The lowest BCUT2D eigenvalue weighted by atomic mass is 9.85. The molecule has 1 saturated heterocycles. The van der Waals surface area contributed by atoms with E-state index >= 15 is 0 Å². The SMILES string of the molecule is O=C1CC(C(=O)NC2CCCC(C(=O)O)C2)CN1. The van der Waals surface area contributed by atoms with Gasteiger partial charge in [-0.25, -0.2) is 0 Å². The van der Waals surface area contributed by atoms with Crippen molar-refractivity contribution in [3.63, 3.8) is 0 Å². The van der Waals surface area contributed by atoms with Gasteiger partial charge in [0.15, 0.2) is 0 Å². The molecule has 18 heavy (non-hydrogen) atoms. The summed E-state index contributed by atoms with van der Waals surface area (Å²) in [5, 5.41) is 14.5. The minimum absolute atomic E-state index is 0.0666. The number of rotatable bonds is 3. The number of carboxylic acid groups (broad SMARTS) is 1. The molecule has 3 atom stereocenters. The highest BCUT2D eigenvalue weighted by atomic mass is 16.4. The Morgan fingerprint density at radius 2 is 2.06 bits per heavy atom. The number of carbonyl (C=O) groups excluding carboxylic acids is 2. The summed E-state index contributed by atoms with van der Waals surface area (Å²) in [4.78, 5) is 33.8. The average Bonchev–Trinajstić information content (AvgIpc) is 2.76. The van der Waals surface area contributed by atoms with E-state index in [2.05, 4.69) is 10.6 Å². The van der Waals surface area contributed by atoms with Crippen LogP contribution in [0.2, 0.25) is 0 Å². The van der Waals surface area contributed by atoms with Gasteiger partial charge < -0.3 is 15.7 Å². The third-order valence-corrected chi connectivity index (χ3v) is 3.72. The zero-order chi connectivity index (χ0) is 13.1. The molecular weight excluding hydrogens is 236 g/mol. The van der Waals surface area contributed by atoms with Gasteiger partial charge in [0, 0.05) is 19.0 Å². The molecule has 1 aliphatic carbocycles. The number of hydrogen-bond donors (Lipinski definition) is 3. The fourth-order valence-corrected chi connectivity index (χ4v) is 2.65. The van der Waals surface area contributed by atoms with E-state index in [-0.39, 0.29) is 36.1 Å². The molecule has 1 saturated carbocycles. The highest BCUT2D eigenvalue weighted by Gasteiger charge is 2.32. The second-order valence-electron chi connectivity index (χ2n) is 5.11. The summed E-state index contributed by atoms with van der Waals surface area (Å²) in [6.07, 6.45) is 3.06. The first-order valence-corrected chi connectivity index (χ1v) is 6.36. The van der Waals surface area contributed by atoms with Crippen LogP contribution in [0, 0.1) is 11.8 Å². The zero-order valence-electron chi connectivity index (χ0n) is 10.1. The lowest BCUT2D eigenvalue weighted by molar-refractivity contribution is -0.143. The van der Waals surface area contributed by atoms with Gasteiger partial charge in [-0.05, 0) is 19.3 Å². The third-order valence-electron chi connectivity index (χ3n) is 3.72. The molecule has 0 radical (unpaired) electrons. The van der Waals surface area contributed by atoms with Crippen LogP contribution in [0.3, 0.4) is 0 Å². The normalized spacial score (nSPS) is 31.8. The van der Waals surface area contributed by atoms with Crippen LogP contribution in [0.1, 0.15) is 32.1 Å². The lowest BCUT2D eigenvalue weighted by Gasteiger charge is -2.28.